The lowest BCUT2D eigenvalue weighted by atomic mass is 9.82. The molecule has 1 spiro atoms. The van der Waals surface area contributed by atoms with E-state index in [9.17, 15) is 0 Å². The molecular formula is C22H29N3O2. The van der Waals surface area contributed by atoms with Crippen LogP contribution in [0.4, 0.5) is 0 Å². The number of ether oxygens (including phenoxy) is 2. The number of likely N-dealkylation sites (tertiary alicyclic amines) is 1. The highest BCUT2D eigenvalue weighted by Crippen LogP contribution is 2.44. The molecule has 3 heterocycles. The molecule has 1 atom stereocenters. The van der Waals surface area contributed by atoms with Crippen molar-refractivity contribution < 1.29 is 9.47 Å². The van der Waals surface area contributed by atoms with Crippen LogP contribution in [0.1, 0.15) is 37.4 Å². The molecule has 2 aliphatic heterocycles. The van der Waals surface area contributed by atoms with Crippen LogP contribution in [0.25, 0.3) is 5.69 Å². The van der Waals surface area contributed by atoms with Crippen molar-refractivity contribution in [2.75, 3.05) is 26.7 Å². The molecule has 0 bridgehead atoms. The number of para-hydroxylation sites is 1. The Labute approximate surface area is 161 Å². The maximum absolute atomic E-state index is 6.49. The molecule has 0 amide bonds. The van der Waals surface area contributed by atoms with Gasteiger partial charge in [0.2, 0.25) is 0 Å². The van der Waals surface area contributed by atoms with Gasteiger partial charge in [0.15, 0.2) is 6.29 Å². The van der Waals surface area contributed by atoms with Gasteiger partial charge in [-0.05, 0) is 38.3 Å². The van der Waals surface area contributed by atoms with Crippen LogP contribution >= 0.6 is 0 Å². The molecule has 0 aliphatic carbocycles. The van der Waals surface area contributed by atoms with Gasteiger partial charge in [-0.2, -0.15) is 5.10 Å². The zero-order chi connectivity index (χ0) is 18.9. The van der Waals surface area contributed by atoms with Crippen molar-refractivity contribution in [2.45, 2.75) is 44.5 Å². The lowest BCUT2D eigenvalue weighted by Crippen LogP contribution is -2.49. The molecule has 5 nitrogen and oxygen atoms in total. The number of nitrogens with zero attached hydrogens (tertiary/aromatic N) is 3. The van der Waals surface area contributed by atoms with Crippen molar-refractivity contribution in [1.29, 1.82) is 0 Å². The van der Waals surface area contributed by atoms with Gasteiger partial charge < -0.3 is 14.4 Å². The minimum absolute atomic E-state index is 0.223. The first-order valence-corrected chi connectivity index (χ1v) is 9.81. The Morgan fingerprint density at radius 1 is 1.30 bits per heavy atom. The Morgan fingerprint density at radius 3 is 2.70 bits per heavy atom. The first-order chi connectivity index (χ1) is 13.1. The average Bonchev–Trinajstić information content (AvgIpc) is 3.13. The molecule has 27 heavy (non-hydrogen) atoms. The maximum atomic E-state index is 6.49. The van der Waals surface area contributed by atoms with E-state index in [1.165, 1.54) is 16.8 Å². The highest BCUT2D eigenvalue weighted by molar-refractivity contribution is 5.38. The maximum Gasteiger partial charge on any atom is 0.163 e. The van der Waals surface area contributed by atoms with Gasteiger partial charge in [0.1, 0.15) is 5.60 Å². The second-order valence-electron chi connectivity index (χ2n) is 7.78. The van der Waals surface area contributed by atoms with Crippen molar-refractivity contribution in [3.05, 3.63) is 59.9 Å². The Kier molecular flexibility index (Phi) is 5.17. The summed E-state index contributed by atoms with van der Waals surface area (Å²) in [5.74, 6) is 0. The summed E-state index contributed by atoms with van der Waals surface area (Å²) < 4.78 is 14.2. The van der Waals surface area contributed by atoms with Crippen molar-refractivity contribution in [3.63, 3.8) is 0 Å². The Balaban J connectivity index is 1.61. The van der Waals surface area contributed by atoms with E-state index in [4.69, 9.17) is 14.6 Å². The summed E-state index contributed by atoms with van der Waals surface area (Å²) in [6.45, 7) is 9.26. The summed E-state index contributed by atoms with van der Waals surface area (Å²) in [5, 5.41) is 4.72. The van der Waals surface area contributed by atoms with Crippen LogP contribution in [0.5, 0.6) is 0 Å². The topological polar surface area (TPSA) is 39.5 Å². The molecule has 144 valence electrons. The predicted molar refractivity (Wildman–Crippen MR) is 106 cm³/mol. The minimum atomic E-state index is -0.291. The number of hydrogen-bond acceptors (Lipinski definition) is 4. The Bertz CT molecular complexity index is 791. The summed E-state index contributed by atoms with van der Waals surface area (Å²) in [5.41, 5.74) is 4.49. The van der Waals surface area contributed by atoms with E-state index in [1.54, 1.807) is 7.11 Å². The van der Waals surface area contributed by atoms with E-state index in [-0.39, 0.29) is 11.9 Å². The molecular weight excluding hydrogens is 338 g/mol. The lowest BCUT2D eigenvalue weighted by Gasteiger charge is -2.45. The molecule has 2 aliphatic rings. The van der Waals surface area contributed by atoms with Gasteiger partial charge >= 0.3 is 0 Å². The fourth-order valence-corrected chi connectivity index (χ4v) is 4.26. The zero-order valence-electron chi connectivity index (χ0n) is 16.4. The van der Waals surface area contributed by atoms with Crippen molar-refractivity contribution in [1.82, 2.24) is 14.7 Å². The lowest BCUT2D eigenvalue weighted by molar-refractivity contribution is -0.227. The molecule has 0 N–H and O–H groups in total. The second-order valence-corrected chi connectivity index (χ2v) is 7.78. The van der Waals surface area contributed by atoms with Crippen LogP contribution in [0, 0.1) is 0 Å². The van der Waals surface area contributed by atoms with Crippen molar-refractivity contribution in [2.24, 2.45) is 0 Å². The van der Waals surface area contributed by atoms with Gasteiger partial charge in [-0.3, -0.25) is 0 Å². The van der Waals surface area contributed by atoms with Gasteiger partial charge in [0.05, 0.1) is 17.6 Å². The predicted octanol–water partition coefficient (Wildman–Crippen LogP) is 3.67. The van der Waals surface area contributed by atoms with E-state index in [0.29, 0.717) is 0 Å². The number of piperidine rings is 1. The summed E-state index contributed by atoms with van der Waals surface area (Å²) in [6, 6.07) is 10.3. The molecule has 4 rings (SSSR count). The van der Waals surface area contributed by atoms with Crippen LogP contribution in [-0.4, -0.2) is 47.7 Å². The van der Waals surface area contributed by atoms with Crippen LogP contribution in [0.2, 0.25) is 0 Å². The molecule has 1 aromatic carbocycles. The third-order valence-corrected chi connectivity index (χ3v) is 5.86. The number of fused-ring (bicyclic) bond motifs is 2. The number of hydrogen-bond donors (Lipinski definition) is 0. The highest BCUT2D eigenvalue weighted by Gasteiger charge is 2.45. The number of benzene rings is 1. The fraction of sp³-hybridized carbons (Fsp3) is 0.500. The van der Waals surface area contributed by atoms with Crippen LogP contribution in [0.15, 0.2) is 48.7 Å². The molecule has 1 unspecified atom stereocenters. The normalized spacial score (nSPS) is 21.9. The third-order valence-electron chi connectivity index (χ3n) is 5.86. The second kappa shape index (κ2) is 7.58. The summed E-state index contributed by atoms with van der Waals surface area (Å²) in [4.78, 5) is 2.51. The molecule has 0 saturated carbocycles. The minimum Gasteiger partial charge on any atom is -0.355 e. The molecule has 1 aromatic heterocycles. The first kappa shape index (κ1) is 18.4. The molecule has 2 aromatic rings. The van der Waals surface area contributed by atoms with E-state index >= 15 is 0 Å². The molecule has 5 heteroatoms. The van der Waals surface area contributed by atoms with Crippen LogP contribution in [0.3, 0.4) is 0 Å². The van der Waals surface area contributed by atoms with Crippen LogP contribution < -0.4 is 0 Å². The van der Waals surface area contributed by atoms with Crippen molar-refractivity contribution >= 4 is 0 Å². The molecule has 0 radical (unpaired) electrons. The summed E-state index contributed by atoms with van der Waals surface area (Å²) >= 11 is 0. The van der Waals surface area contributed by atoms with Crippen molar-refractivity contribution in [3.8, 4) is 5.69 Å². The average molecular weight is 367 g/mol. The summed E-state index contributed by atoms with van der Waals surface area (Å²) in [6.07, 6.45) is 5.51. The van der Waals surface area contributed by atoms with E-state index < -0.39 is 0 Å². The number of methoxy groups -OCH3 is 1. The quantitative estimate of drug-likeness (QED) is 0.756. The Morgan fingerprint density at radius 2 is 2.04 bits per heavy atom. The number of rotatable bonds is 5. The molecule has 1 fully saturated rings. The van der Waals surface area contributed by atoms with Gasteiger partial charge in [-0.25, -0.2) is 4.68 Å². The monoisotopic (exact) mass is 367 g/mol. The van der Waals surface area contributed by atoms with Gasteiger partial charge in [-0.1, -0.05) is 23.8 Å². The fourth-order valence-electron chi connectivity index (χ4n) is 4.26. The van der Waals surface area contributed by atoms with Gasteiger partial charge in [0, 0.05) is 38.7 Å². The Hall–Kier alpha value is -1.95. The van der Waals surface area contributed by atoms with Crippen LogP contribution in [-0.2, 0) is 21.5 Å². The zero-order valence-corrected chi connectivity index (χ0v) is 16.4. The smallest absolute Gasteiger partial charge is 0.163 e. The standard InChI is InChI=1S/C22H29N3O2/c1-17(2)9-12-24-13-10-22(11-14-24)19-16-23-25(18-7-5-4-6-8-18)20(19)15-21(26-3)27-22/h4-8,16,21H,1,9-15H2,2-3H3. The first-order valence-electron chi connectivity index (χ1n) is 9.81. The van der Waals surface area contributed by atoms with Gasteiger partial charge in [0.25, 0.3) is 0 Å². The SMILES string of the molecule is C=C(C)CCN1CCC2(CC1)OC(OC)Cc1c2cnn1-c1ccccc1. The van der Waals surface area contributed by atoms with E-state index in [1.807, 2.05) is 24.4 Å². The van der Waals surface area contributed by atoms with Gasteiger partial charge in [-0.15, -0.1) is 6.58 Å². The van der Waals surface area contributed by atoms with E-state index in [2.05, 4.69) is 35.2 Å². The third kappa shape index (κ3) is 3.59. The van der Waals surface area contributed by atoms with E-state index in [0.717, 1.165) is 51.0 Å². The molecule has 1 saturated heterocycles. The summed E-state index contributed by atoms with van der Waals surface area (Å²) in [7, 11) is 1.73. The largest absolute Gasteiger partial charge is 0.355 e. The highest BCUT2D eigenvalue weighted by atomic mass is 16.7. The number of aromatic nitrogens is 2.